The summed E-state index contributed by atoms with van der Waals surface area (Å²) in [6, 6.07) is 5.25. The standard InChI is InChI=1S/C11H17NO3/c1-11(13,7-12)9-6-8(14-2)4-5-10(9)15-3/h4-6,13H,7,12H2,1-3H3. The molecule has 1 atom stereocenters. The van der Waals surface area contributed by atoms with E-state index in [2.05, 4.69) is 0 Å². The molecule has 1 aromatic carbocycles. The molecule has 3 N–H and O–H groups in total. The molecule has 0 radical (unpaired) electrons. The third-order valence-electron chi connectivity index (χ3n) is 2.38. The van der Waals surface area contributed by atoms with Crippen molar-refractivity contribution < 1.29 is 14.6 Å². The van der Waals surface area contributed by atoms with Crippen LogP contribution in [-0.4, -0.2) is 25.9 Å². The average molecular weight is 211 g/mol. The van der Waals surface area contributed by atoms with Crippen molar-refractivity contribution in [3.05, 3.63) is 23.8 Å². The zero-order valence-electron chi connectivity index (χ0n) is 9.28. The molecule has 84 valence electrons. The van der Waals surface area contributed by atoms with E-state index in [0.29, 0.717) is 17.1 Å². The van der Waals surface area contributed by atoms with E-state index in [1.165, 1.54) is 0 Å². The number of nitrogens with two attached hydrogens (primary N) is 1. The second-order valence-electron chi connectivity index (χ2n) is 3.54. The summed E-state index contributed by atoms with van der Waals surface area (Å²) in [6.07, 6.45) is 0. The highest BCUT2D eigenvalue weighted by molar-refractivity contribution is 5.43. The third kappa shape index (κ3) is 2.40. The Morgan fingerprint density at radius 2 is 2.00 bits per heavy atom. The molecule has 0 aromatic heterocycles. The molecule has 0 aliphatic heterocycles. The number of methoxy groups -OCH3 is 2. The molecule has 1 unspecified atom stereocenters. The largest absolute Gasteiger partial charge is 0.497 e. The van der Waals surface area contributed by atoms with Crippen molar-refractivity contribution in [3.63, 3.8) is 0 Å². The molecule has 0 spiro atoms. The number of hydrogen-bond donors (Lipinski definition) is 2. The molecule has 0 fully saturated rings. The van der Waals surface area contributed by atoms with Crippen molar-refractivity contribution in [2.75, 3.05) is 20.8 Å². The summed E-state index contributed by atoms with van der Waals surface area (Å²) >= 11 is 0. The molecule has 0 saturated heterocycles. The van der Waals surface area contributed by atoms with E-state index in [-0.39, 0.29) is 6.54 Å². The van der Waals surface area contributed by atoms with E-state index in [9.17, 15) is 5.11 Å². The Balaban J connectivity index is 3.23. The fourth-order valence-corrected chi connectivity index (χ4v) is 1.34. The molecule has 1 aromatic rings. The highest BCUT2D eigenvalue weighted by Crippen LogP contribution is 2.32. The molecule has 0 amide bonds. The van der Waals surface area contributed by atoms with Crippen LogP contribution >= 0.6 is 0 Å². The van der Waals surface area contributed by atoms with Gasteiger partial charge in [0.2, 0.25) is 0 Å². The van der Waals surface area contributed by atoms with E-state index >= 15 is 0 Å². The van der Waals surface area contributed by atoms with Gasteiger partial charge in [-0.1, -0.05) is 0 Å². The molecule has 0 bridgehead atoms. The molecular weight excluding hydrogens is 194 g/mol. The Labute approximate surface area is 89.6 Å². The fraction of sp³-hybridized carbons (Fsp3) is 0.455. The summed E-state index contributed by atoms with van der Waals surface area (Å²) in [6.45, 7) is 1.76. The first kappa shape index (κ1) is 11.8. The quantitative estimate of drug-likeness (QED) is 0.775. The summed E-state index contributed by atoms with van der Waals surface area (Å²) in [5.74, 6) is 1.27. The van der Waals surface area contributed by atoms with Crippen molar-refractivity contribution in [3.8, 4) is 11.5 Å². The van der Waals surface area contributed by atoms with Crippen molar-refractivity contribution >= 4 is 0 Å². The average Bonchev–Trinajstić information content (AvgIpc) is 2.28. The minimum Gasteiger partial charge on any atom is -0.497 e. The van der Waals surface area contributed by atoms with Gasteiger partial charge in [-0.15, -0.1) is 0 Å². The maximum Gasteiger partial charge on any atom is 0.125 e. The highest BCUT2D eigenvalue weighted by Gasteiger charge is 2.25. The van der Waals surface area contributed by atoms with Gasteiger partial charge in [0.25, 0.3) is 0 Å². The molecule has 15 heavy (non-hydrogen) atoms. The second kappa shape index (κ2) is 4.51. The maximum absolute atomic E-state index is 10.1. The van der Waals surface area contributed by atoms with Gasteiger partial charge in [0.05, 0.1) is 14.2 Å². The second-order valence-corrected chi connectivity index (χ2v) is 3.54. The topological polar surface area (TPSA) is 64.7 Å². The maximum atomic E-state index is 10.1. The van der Waals surface area contributed by atoms with E-state index in [1.807, 2.05) is 0 Å². The lowest BCUT2D eigenvalue weighted by atomic mass is 9.95. The van der Waals surface area contributed by atoms with Crippen LogP contribution in [0.5, 0.6) is 11.5 Å². The SMILES string of the molecule is COc1ccc(OC)c(C(C)(O)CN)c1. The van der Waals surface area contributed by atoms with Crippen LogP contribution in [0.15, 0.2) is 18.2 Å². The van der Waals surface area contributed by atoms with Crippen molar-refractivity contribution in [1.82, 2.24) is 0 Å². The van der Waals surface area contributed by atoms with Crippen molar-refractivity contribution in [2.45, 2.75) is 12.5 Å². The van der Waals surface area contributed by atoms with Gasteiger partial charge in [-0.2, -0.15) is 0 Å². The first-order valence-electron chi connectivity index (χ1n) is 4.70. The van der Waals surface area contributed by atoms with Crippen LogP contribution in [-0.2, 0) is 5.60 Å². The van der Waals surface area contributed by atoms with Gasteiger partial charge in [-0.25, -0.2) is 0 Å². The Morgan fingerprint density at radius 1 is 1.33 bits per heavy atom. The van der Waals surface area contributed by atoms with Gasteiger partial charge in [-0.3, -0.25) is 0 Å². The van der Waals surface area contributed by atoms with E-state index in [4.69, 9.17) is 15.2 Å². The van der Waals surface area contributed by atoms with Gasteiger partial charge in [0.1, 0.15) is 17.1 Å². The lowest BCUT2D eigenvalue weighted by Crippen LogP contribution is -2.31. The van der Waals surface area contributed by atoms with Crippen LogP contribution in [0.3, 0.4) is 0 Å². The van der Waals surface area contributed by atoms with Crippen LogP contribution in [0, 0.1) is 0 Å². The summed E-state index contributed by atoms with van der Waals surface area (Å²) in [7, 11) is 3.13. The fourth-order valence-electron chi connectivity index (χ4n) is 1.34. The molecule has 1 rings (SSSR count). The summed E-state index contributed by atoms with van der Waals surface area (Å²) in [4.78, 5) is 0. The van der Waals surface area contributed by atoms with Crippen LogP contribution < -0.4 is 15.2 Å². The molecular formula is C11H17NO3. The van der Waals surface area contributed by atoms with Gasteiger partial charge >= 0.3 is 0 Å². The van der Waals surface area contributed by atoms with Crippen LogP contribution in [0.4, 0.5) is 0 Å². The van der Waals surface area contributed by atoms with Crippen LogP contribution in [0.2, 0.25) is 0 Å². The van der Waals surface area contributed by atoms with E-state index in [1.54, 1.807) is 39.3 Å². The van der Waals surface area contributed by atoms with Gasteiger partial charge in [0, 0.05) is 12.1 Å². The number of hydrogen-bond acceptors (Lipinski definition) is 4. The van der Waals surface area contributed by atoms with Crippen molar-refractivity contribution in [1.29, 1.82) is 0 Å². The number of benzene rings is 1. The van der Waals surface area contributed by atoms with E-state index in [0.717, 1.165) is 0 Å². The Hall–Kier alpha value is -1.26. The predicted octanol–water partition coefficient (Wildman–Crippen LogP) is 0.870. The smallest absolute Gasteiger partial charge is 0.125 e. The molecule has 0 saturated carbocycles. The lowest BCUT2D eigenvalue weighted by Gasteiger charge is -2.24. The first-order valence-corrected chi connectivity index (χ1v) is 4.70. The minimum absolute atomic E-state index is 0.122. The zero-order valence-corrected chi connectivity index (χ0v) is 9.28. The number of ether oxygens (including phenoxy) is 2. The third-order valence-corrected chi connectivity index (χ3v) is 2.38. The number of rotatable bonds is 4. The van der Waals surface area contributed by atoms with Gasteiger partial charge < -0.3 is 20.3 Å². The lowest BCUT2D eigenvalue weighted by molar-refractivity contribution is 0.0638. The van der Waals surface area contributed by atoms with Crippen LogP contribution in [0.25, 0.3) is 0 Å². The molecule has 4 nitrogen and oxygen atoms in total. The Morgan fingerprint density at radius 3 is 2.47 bits per heavy atom. The van der Waals surface area contributed by atoms with Gasteiger partial charge in [0.15, 0.2) is 0 Å². The highest BCUT2D eigenvalue weighted by atomic mass is 16.5. The summed E-state index contributed by atoms with van der Waals surface area (Å²) < 4.78 is 10.2. The summed E-state index contributed by atoms with van der Waals surface area (Å²) in [5, 5.41) is 10.1. The zero-order chi connectivity index (χ0) is 11.5. The minimum atomic E-state index is -1.11. The molecule has 4 heteroatoms. The van der Waals surface area contributed by atoms with Crippen molar-refractivity contribution in [2.24, 2.45) is 5.73 Å². The first-order chi connectivity index (χ1) is 7.05. The number of aliphatic hydroxyl groups is 1. The Bertz CT molecular complexity index is 337. The monoisotopic (exact) mass is 211 g/mol. The molecule has 0 aliphatic rings. The predicted molar refractivity (Wildman–Crippen MR) is 58.2 cm³/mol. The van der Waals surface area contributed by atoms with E-state index < -0.39 is 5.60 Å². The Kier molecular flexibility index (Phi) is 3.55. The molecule has 0 aliphatic carbocycles. The molecule has 0 heterocycles. The van der Waals surface area contributed by atoms with Crippen LogP contribution in [0.1, 0.15) is 12.5 Å². The normalized spacial score (nSPS) is 14.5. The van der Waals surface area contributed by atoms with Gasteiger partial charge in [-0.05, 0) is 25.1 Å². The summed E-state index contributed by atoms with van der Waals surface area (Å²) in [5.41, 5.74) is 5.03.